The van der Waals surface area contributed by atoms with E-state index in [1.54, 1.807) is 24.3 Å². The molecule has 35 heavy (non-hydrogen) atoms. The van der Waals surface area contributed by atoms with Gasteiger partial charge >= 0.3 is 5.97 Å². The zero-order valence-corrected chi connectivity index (χ0v) is 21.4. The Kier molecular flexibility index (Phi) is 7.73. The van der Waals surface area contributed by atoms with Crippen molar-refractivity contribution in [2.75, 3.05) is 30.5 Å². The van der Waals surface area contributed by atoms with Crippen molar-refractivity contribution in [2.24, 2.45) is 0 Å². The Morgan fingerprint density at radius 3 is 2.46 bits per heavy atom. The van der Waals surface area contributed by atoms with Gasteiger partial charge in [-0.1, -0.05) is 49.5 Å². The van der Waals surface area contributed by atoms with E-state index in [2.05, 4.69) is 0 Å². The van der Waals surface area contributed by atoms with E-state index in [1.165, 1.54) is 16.7 Å². The van der Waals surface area contributed by atoms with E-state index in [4.69, 9.17) is 21.4 Å². The molecular weight excluding hydrogens is 480 g/mol. The van der Waals surface area contributed by atoms with Crippen molar-refractivity contribution in [3.05, 3.63) is 76.9 Å². The predicted octanol–water partition coefficient (Wildman–Crippen LogP) is 6.38. The number of anilines is 2. The van der Waals surface area contributed by atoms with Gasteiger partial charge in [0.25, 0.3) is 5.91 Å². The number of carbonyl (C=O) groups is 2. The van der Waals surface area contributed by atoms with Gasteiger partial charge in [0.2, 0.25) is 0 Å². The van der Waals surface area contributed by atoms with Gasteiger partial charge < -0.3 is 14.1 Å². The van der Waals surface area contributed by atoms with Crippen LogP contribution < -0.4 is 9.80 Å². The zero-order chi connectivity index (χ0) is 24.9. The van der Waals surface area contributed by atoms with Crippen LogP contribution in [0, 0.1) is 0 Å². The second-order valence-corrected chi connectivity index (χ2v) is 9.87. The Hall–Kier alpha value is -3.36. The lowest BCUT2D eigenvalue weighted by Gasteiger charge is -2.17. The summed E-state index contributed by atoms with van der Waals surface area (Å²) in [5, 5.41) is 0. The number of rotatable bonds is 8. The summed E-state index contributed by atoms with van der Waals surface area (Å²) in [7, 11) is 3.93. The second-order valence-electron chi connectivity index (χ2n) is 8.20. The molecule has 1 aliphatic heterocycles. The number of thiocarbonyl (C=S) groups is 1. The molecule has 2 aromatic carbocycles. The number of thioether (sulfide) groups is 1. The Morgan fingerprint density at radius 2 is 1.80 bits per heavy atom. The first kappa shape index (κ1) is 24.8. The molecule has 0 atom stereocenters. The van der Waals surface area contributed by atoms with E-state index in [0.717, 1.165) is 29.8 Å². The monoisotopic (exact) mass is 506 g/mol. The van der Waals surface area contributed by atoms with E-state index in [-0.39, 0.29) is 11.9 Å². The lowest BCUT2D eigenvalue weighted by atomic mass is 10.1. The molecule has 0 unspecified atom stereocenters. The van der Waals surface area contributed by atoms with Crippen molar-refractivity contribution in [3.63, 3.8) is 0 Å². The van der Waals surface area contributed by atoms with Crippen LogP contribution in [0.25, 0.3) is 17.4 Å². The Labute approximate surface area is 214 Å². The van der Waals surface area contributed by atoms with Gasteiger partial charge in [-0.3, -0.25) is 9.69 Å². The zero-order valence-electron chi connectivity index (χ0n) is 19.8. The molecule has 2 heterocycles. The highest BCUT2D eigenvalue weighted by molar-refractivity contribution is 8.27. The minimum atomic E-state index is -0.330. The molecule has 0 radical (unpaired) electrons. The smallest absolute Gasteiger partial charge is 0.338 e. The van der Waals surface area contributed by atoms with Gasteiger partial charge in [-0.15, -0.1) is 0 Å². The third kappa shape index (κ3) is 5.66. The number of furan rings is 1. The molecule has 6 nitrogen and oxygen atoms in total. The molecule has 4 rings (SSSR count). The van der Waals surface area contributed by atoms with Crippen molar-refractivity contribution in [2.45, 2.75) is 19.8 Å². The Bertz CT molecular complexity index is 1260. The molecule has 0 N–H and O–H groups in total. The number of amides is 1. The SMILES string of the molecule is CCCCOC(=O)c1ccc(-c2ccc(/C=C3/SC(=S)N(c4ccc(N(C)C)cc4)C3=O)o2)cc1. The van der Waals surface area contributed by atoms with Crippen LogP contribution in [0.4, 0.5) is 11.4 Å². The average molecular weight is 507 g/mol. The maximum atomic E-state index is 13.1. The number of carbonyl (C=O) groups excluding carboxylic acids is 2. The largest absolute Gasteiger partial charge is 0.462 e. The van der Waals surface area contributed by atoms with Crippen LogP contribution in [0.5, 0.6) is 0 Å². The van der Waals surface area contributed by atoms with Crippen LogP contribution in [-0.4, -0.2) is 36.9 Å². The first-order valence-electron chi connectivity index (χ1n) is 11.3. The molecule has 180 valence electrons. The molecule has 1 aromatic heterocycles. The summed E-state index contributed by atoms with van der Waals surface area (Å²) in [5.74, 6) is 0.674. The molecule has 0 bridgehead atoms. The number of esters is 1. The predicted molar refractivity (Wildman–Crippen MR) is 146 cm³/mol. The molecule has 1 fully saturated rings. The van der Waals surface area contributed by atoms with E-state index >= 15 is 0 Å². The summed E-state index contributed by atoms with van der Waals surface area (Å²) < 4.78 is 11.7. The van der Waals surface area contributed by atoms with Crippen LogP contribution in [0.3, 0.4) is 0 Å². The normalized spacial score (nSPS) is 14.6. The summed E-state index contributed by atoms with van der Waals surface area (Å²) in [6, 6.07) is 18.4. The van der Waals surface area contributed by atoms with Gasteiger partial charge in [-0.25, -0.2) is 4.79 Å². The summed E-state index contributed by atoms with van der Waals surface area (Å²) in [4.78, 5) is 29.2. The van der Waals surface area contributed by atoms with E-state index in [0.29, 0.717) is 32.9 Å². The first-order valence-corrected chi connectivity index (χ1v) is 12.5. The maximum absolute atomic E-state index is 13.1. The van der Waals surface area contributed by atoms with Crippen LogP contribution in [-0.2, 0) is 9.53 Å². The van der Waals surface area contributed by atoms with E-state index in [1.807, 2.05) is 68.4 Å². The summed E-state index contributed by atoms with van der Waals surface area (Å²) >= 11 is 6.72. The van der Waals surface area contributed by atoms with E-state index in [9.17, 15) is 9.59 Å². The molecule has 8 heteroatoms. The highest BCUT2D eigenvalue weighted by Gasteiger charge is 2.33. The summed E-state index contributed by atoms with van der Waals surface area (Å²) in [6.07, 6.45) is 3.53. The molecule has 1 saturated heterocycles. The molecule has 1 aliphatic rings. The number of benzene rings is 2. The fourth-order valence-corrected chi connectivity index (χ4v) is 4.75. The van der Waals surface area contributed by atoms with Crippen molar-refractivity contribution >= 4 is 57.6 Å². The third-order valence-electron chi connectivity index (χ3n) is 5.45. The number of nitrogens with zero attached hydrogens (tertiary/aromatic N) is 2. The average Bonchev–Trinajstić information content (AvgIpc) is 3.43. The highest BCUT2D eigenvalue weighted by Crippen LogP contribution is 2.37. The molecular formula is C27H26N2O4S2. The van der Waals surface area contributed by atoms with Crippen LogP contribution >= 0.6 is 24.0 Å². The van der Waals surface area contributed by atoms with E-state index < -0.39 is 0 Å². The highest BCUT2D eigenvalue weighted by atomic mass is 32.2. The van der Waals surface area contributed by atoms with Crippen LogP contribution in [0.15, 0.2) is 70.0 Å². The molecule has 0 aliphatic carbocycles. The van der Waals surface area contributed by atoms with Crippen molar-refractivity contribution in [1.29, 1.82) is 0 Å². The van der Waals surface area contributed by atoms with Gasteiger partial charge in [-0.05, 0) is 55.0 Å². The van der Waals surface area contributed by atoms with Crippen molar-refractivity contribution < 1.29 is 18.7 Å². The fraction of sp³-hybridized carbons (Fsp3) is 0.222. The van der Waals surface area contributed by atoms with Gasteiger partial charge in [-0.2, -0.15) is 0 Å². The fourth-order valence-electron chi connectivity index (χ4n) is 3.47. The van der Waals surface area contributed by atoms with Gasteiger partial charge in [0.15, 0.2) is 4.32 Å². The summed E-state index contributed by atoms with van der Waals surface area (Å²) in [6.45, 7) is 2.47. The molecule has 1 amide bonds. The van der Waals surface area contributed by atoms with Crippen LogP contribution in [0.2, 0.25) is 0 Å². The lowest BCUT2D eigenvalue weighted by molar-refractivity contribution is -0.113. The molecule has 0 spiro atoms. The number of unbranched alkanes of at least 4 members (excludes halogenated alkanes) is 1. The Balaban J connectivity index is 1.46. The summed E-state index contributed by atoms with van der Waals surface area (Å²) in [5.41, 5.74) is 3.09. The number of hydrogen-bond donors (Lipinski definition) is 0. The number of hydrogen-bond acceptors (Lipinski definition) is 7. The second kappa shape index (κ2) is 10.9. The third-order valence-corrected chi connectivity index (χ3v) is 6.76. The topological polar surface area (TPSA) is 63.0 Å². The van der Waals surface area contributed by atoms with Gasteiger partial charge in [0, 0.05) is 31.4 Å². The first-order chi connectivity index (χ1) is 16.9. The van der Waals surface area contributed by atoms with Crippen molar-refractivity contribution in [1.82, 2.24) is 0 Å². The minimum Gasteiger partial charge on any atom is -0.462 e. The Morgan fingerprint density at radius 1 is 1.09 bits per heavy atom. The quantitative estimate of drug-likeness (QED) is 0.152. The van der Waals surface area contributed by atoms with Gasteiger partial charge in [0.1, 0.15) is 11.5 Å². The lowest BCUT2D eigenvalue weighted by Crippen LogP contribution is -2.27. The maximum Gasteiger partial charge on any atom is 0.338 e. The number of ether oxygens (including phenoxy) is 1. The van der Waals surface area contributed by atoms with Crippen LogP contribution in [0.1, 0.15) is 35.9 Å². The minimum absolute atomic E-state index is 0.179. The van der Waals surface area contributed by atoms with Crippen molar-refractivity contribution in [3.8, 4) is 11.3 Å². The molecule has 0 saturated carbocycles. The standard InChI is InChI=1S/C27H26N2O4S2/c1-4-5-16-32-26(31)19-8-6-18(7-9-19)23-15-14-22(33-23)17-24-25(30)29(27(34)35-24)21-12-10-20(11-13-21)28(2)3/h6-15,17H,4-5,16H2,1-3H3/b24-17+. The van der Waals surface area contributed by atoms with Gasteiger partial charge in [0.05, 0.1) is 22.8 Å². The molecule has 3 aromatic rings.